The molecule has 0 bridgehead atoms. The van der Waals surface area contributed by atoms with Crippen molar-refractivity contribution in [3.05, 3.63) is 12.7 Å². The smallest absolute Gasteiger partial charge is 0.157 e. The third-order valence-electron chi connectivity index (χ3n) is 2.44. The number of aliphatic hydroxyl groups excluding tert-OH is 1. The van der Waals surface area contributed by atoms with Gasteiger partial charge in [0.1, 0.15) is 0 Å². The maximum absolute atomic E-state index is 9.52. The highest BCUT2D eigenvalue weighted by atomic mass is 16.7. The first-order valence-corrected chi connectivity index (χ1v) is 4.66. The van der Waals surface area contributed by atoms with Crippen molar-refractivity contribution in [3.8, 4) is 0 Å². The Hall–Kier alpha value is -0.380. The summed E-state index contributed by atoms with van der Waals surface area (Å²) in [4.78, 5) is 0. The molecule has 3 heteroatoms. The van der Waals surface area contributed by atoms with E-state index >= 15 is 0 Å². The van der Waals surface area contributed by atoms with Crippen molar-refractivity contribution in [2.45, 2.75) is 38.3 Å². The van der Waals surface area contributed by atoms with Crippen LogP contribution in [0, 0.1) is 5.92 Å². The Balaban J connectivity index is 2.51. The molecular formula is C10H18O3. The van der Waals surface area contributed by atoms with Crippen LogP contribution in [0.3, 0.4) is 0 Å². The van der Waals surface area contributed by atoms with Gasteiger partial charge in [0, 0.05) is 13.5 Å². The molecule has 13 heavy (non-hydrogen) atoms. The Kier molecular flexibility index (Phi) is 3.90. The molecule has 76 valence electrons. The first kappa shape index (κ1) is 10.7. The van der Waals surface area contributed by atoms with E-state index in [0.717, 1.165) is 12.8 Å². The molecule has 1 heterocycles. The van der Waals surface area contributed by atoms with Crippen molar-refractivity contribution in [3.63, 3.8) is 0 Å². The van der Waals surface area contributed by atoms with E-state index in [1.807, 2.05) is 0 Å². The van der Waals surface area contributed by atoms with Crippen LogP contribution < -0.4 is 0 Å². The van der Waals surface area contributed by atoms with Crippen molar-refractivity contribution in [2.75, 3.05) is 7.11 Å². The van der Waals surface area contributed by atoms with Gasteiger partial charge in [0.25, 0.3) is 0 Å². The lowest BCUT2D eigenvalue weighted by Crippen LogP contribution is -2.39. The van der Waals surface area contributed by atoms with Crippen molar-refractivity contribution >= 4 is 0 Å². The van der Waals surface area contributed by atoms with Crippen LogP contribution in [-0.4, -0.2) is 30.7 Å². The van der Waals surface area contributed by atoms with E-state index < -0.39 is 6.10 Å². The average Bonchev–Trinajstić information content (AvgIpc) is 2.15. The molecule has 0 aromatic carbocycles. The van der Waals surface area contributed by atoms with E-state index in [1.54, 1.807) is 7.11 Å². The number of aliphatic hydroxyl groups is 1. The third-order valence-corrected chi connectivity index (χ3v) is 2.44. The highest BCUT2D eigenvalue weighted by molar-refractivity contribution is 4.88. The maximum atomic E-state index is 9.52. The molecular weight excluding hydrogens is 168 g/mol. The number of hydrogen-bond acceptors (Lipinski definition) is 3. The van der Waals surface area contributed by atoms with Gasteiger partial charge in [-0.1, -0.05) is 13.0 Å². The van der Waals surface area contributed by atoms with Crippen molar-refractivity contribution < 1.29 is 14.6 Å². The second-order valence-corrected chi connectivity index (χ2v) is 3.64. The Labute approximate surface area is 79.3 Å². The predicted octanol–water partition coefficient (Wildman–Crippen LogP) is 1.32. The lowest BCUT2D eigenvalue weighted by atomic mass is 9.94. The van der Waals surface area contributed by atoms with Gasteiger partial charge in [-0.15, -0.1) is 6.58 Å². The third kappa shape index (κ3) is 2.79. The fourth-order valence-electron chi connectivity index (χ4n) is 1.65. The summed E-state index contributed by atoms with van der Waals surface area (Å²) in [7, 11) is 1.63. The Morgan fingerprint density at radius 1 is 1.62 bits per heavy atom. The highest BCUT2D eigenvalue weighted by Gasteiger charge is 2.30. The van der Waals surface area contributed by atoms with Crippen LogP contribution in [0.5, 0.6) is 0 Å². The second kappa shape index (κ2) is 4.74. The van der Waals surface area contributed by atoms with E-state index in [-0.39, 0.29) is 12.4 Å². The molecule has 3 nitrogen and oxygen atoms in total. The number of ether oxygens (including phenoxy) is 2. The molecule has 0 aromatic heterocycles. The molecule has 0 spiro atoms. The monoisotopic (exact) mass is 186 g/mol. The lowest BCUT2D eigenvalue weighted by molar-refractivity contribution is -0.208. The Morgan fingerprint density at radius 2 is 2.31 bits per heavy atom. The zero-order valence-corrected chi connectivity index (χ0v) is 8.27. The van der Waals surface area contributed by atoms with Crippen LogP contribution in [0.25, 0.3) is 0 Å². The highest BCUT2D eigenvalue weighted by Crippen LogP contribution is 2.26. The van der Waals surface area contributed by atoms with Crippen molar-refractivity contribution in [2.24, 2.45) is 5.92 Å². The molecule has 0 radical (unpaired) electrons. The number of hydrogen-bond donors (Lipinski definition) is 1. The minimum atomic E-state index is -0.583. The summed E-state index contributed by atoms with van der Waals surface area (Å²) < 4.78 is 10.6. The van der Waals surface area contributed by atoms with Crippen LogP contribution in [0.2, 0.25) is 0 Å². The fourth-order valence-corrected chi connectivity index (χ4v) is 1.65. The standard InChI is InChI=1S/C10H18O3/c1-4-8(11)9-5-7(2)6-10(12-3)13-9/h4,7-11H,1,5-6H2,2-3H3/t7?,8-,9+,10+/m1/s1. The summed E-state index contributed by atoms with van der Waals surface area (Å²) in [6.07, 6.45) is 2.36. The van der Waals surface area contributed by atoms with Crippen LogP contribution in [-0.2, 0) is 9.47 Å². The molecule has 1 rings (SSSR count). The number of rotatable bonds is 3. The van der Waals surface area contributed by atoms with Crippen LogP contribution >= 0.6 is 0 Å². The van der Waals surface area contributed by atoms with Gasteiger partial charge in [-0.3, -0.25) is 0 Å². The van der Waals surface area contributed by atoms with E-state index in [4.69, 9.17) is 9.47 Å². The molecule has 1 aliphatic rings. The summed E-state index contributed by atoms with van der Waals surface area (Å²) in [5.41, 5.74) is 0. The van der Waals surface area contributed by atoms with Gasteiger partial charge in [-0.25, -0.2) is 0 Å². The quantitative estimate of drug-likeness (QED) is 0.676. The van der Waals surface area contributed by atoms with Gasteiger partial charge < -0.3 is 14.6 Å². The maximum Gasteiger partial charge on any atom is 0.157 e. The molecule has 1 unspecified atom stereocenters. The first-order chi connectivity index (χ1) is 6.17. The van der Waals surface area contributed by atoms with Crippen molar-refractivity contribution in [1.29, 1.82) is 0 Å². The predicted molar refractivity (Wildman–Crippen MR) is 50.3 cm³/mol. The molecule has 1 fully saturated rings. The van der Waals surface area contributed by atoms with Gasteiger partial charge in [0.2, 0.25) is 0 Å². The van der Waals surface area contributed by atoms with E-state index in [1.165, 1.54) is 6.08 Å². The fraction of sp³-hybridized carbons (Fsp3) is 0.800. The molecule has 1 N–H and O–H groups in total. The van der Waals surface area contributed by atoms with Crippen LogP contribution in [0.1, 0.15) is 19.8 Å². The zero-order valence-electron chi connectivity index (χ0n) is 8.27. The van der Waals surface area contributed by atoms with Crippen LogP contribution in [0.4, 0.5) is 0 Å². The van der Waals surface area contributed by atoms with Gasteiger partial charge >= 0.3 is 0 Å². The minimum Gasteiger partial charge on any atom is -0.386 e. The summed E-state index contributed by atoms with van der Waals surface area (Å²) in [5.74, 6) is 0.526. The number of methoxy groups -OCH3 is 1. The van der Waals surface area contributed by atoms with Gasteiger partial charge in [0.15, 0.2) is 6.29 Å². The summed E-state index contributed by atoms with van der Waals surface area (Å²) >= 11 is 0. The SMILES string of the molecule is C=C[C@@H](O)[C@@H]1CC(C)C[C@@H](OC)O1. The molecule has 0 amide bonds. The first-order valence-electron chi connectivity index (χ1n) is 4.66. The van der Waals surface area contributed by atoms with Crippen molar-refractivity contribution in [1.82, 2.24) is 0 Å². The largest absolute Gasteiger partial charge is 0.386 e. The Bertz CT molecular complexity index is 170. The molecule has 1 aliphatic heterocycles. The van der Waals surface area contributed by atoms with E-state index in [9.17, 15) is 5.11 Å². The topological polar surface area (TPSA) is 38.7 Å². The molecule has 1 saturated heterocycles. The van der Waals surface area contributed by atoms with E-state index in [0.29, 0.717) is 5.92 Å². The normalized spacial score (nSPS) is 37.0. The molecule has 0 aliphatic carbocycles. The van der Waals surface area contributed by atoms with Crippen LogP contribution in [0.15, 0.2) is 12.7 Å². The Morgan fingerprint density at radius 3 is 2.85 bits per heavy atom. The second-order valence-electron chi connectivity index (χ2n) is 3.64. The minimum absolute atomic E-state index is 0.161. The lowest BCUT2D eigenvalue weighted by Gasteiger charge is -2.34. The van der Waals surface area contributed by atoms with E-state index in [2.05, 4.69) is 13.5 Å². The molecule has 4 atom stereocenters. The van der Waals surface area contributed by atoms with Gasteiger partial charge in [-0.2, -0.15) is 0 Å². The zero-order chi connectivity index (χ0) is 9.84. The molecule has 0 aromatic rings. The van der Waals surface area contributed by atoms with Gasteiger partial charge in [-0.05, 0) is 12.3 Å². The summed E-state index contributed by atoms with van der Waals surface area (Å²) in [5, 5.41) is 9.52. The summed E-state index contributed by atoms with van der Waals surface area (Å²) in [6, 6.07) is 0. The summed E-state index contributed by atoms with van der Waals surface area (Å²) in [6.45, 7) is 5.68. The van der Waals surface area contributed by atoms with Gasteiger partial charge in [0.05, 0.1) is 12.2 Å². The molecule has 0 saturated carbocycles. The average molecular weight is 186 g/mol.